The molecule has 2 unspecified atom stereocenters. The third kappa shape index (κ3) is 7.23. The lowest BCUT2D eigenvalue weighted by Gasteiger charge is -2.46. The van der Waals surface area contributed by atoms with Gasteiger partial charge in [-0.3, -0.25) is 19.9 Å². The number of carbonyl (C=O) groups is 1. The molecule has 8 heterocycles. The summed E-state index contributed by atoms with van der Waals surface area (Å²) in [6.07, 6.45) is 12.1. The van der Waals surface area contributed by atoms with Crippen molar-refractivity contribution in [3.63, 3.8) is 0 Å². The molecule has 19 heteroatoms. The van der Waals surface area contributed by atoms with Crippen LogP contribution in [0.15, 0.2) is 84.3 Å². The predicted octanol–water partition coefficient (Wildman–Crippen LogP) is 6.29. The number of nitrogens with zero attached hydrogens (tertiary/aromatic N) is 10. The van der Waals surface area contributed by atoms with E-state index in [1.165, 1.54) is 34.8 Å². The number of carbonyl (C=O) groups excluding carboxylic acids is 1. The van der Waals surface area contributed by atoms with Crippen LogP contribution in [0, 0.1) is 11.6 Å². The molecular weight excluding hydrogens is 835 g/mol. The molecule has 2 aliphatic carbocycles. The Morgan fingerprint density at radius 3 is 1.48 bits per heavy atom. The quantitative estimate of drug-likeness (QED) is 0.141. The highest BCUT2D eigenvalue weighted by molar-refractivity contribution is 7.10. The monoisotopic (exact) mass is 878 g/mol. The van der Waals surface area contributed by atoms with E-state index in [0.717, 1.165) is 48.3 Å². The van der Waals surface area contributed by atoms with Crippen molar-refractivity contribution in [3.8, 4) is 0 Å². The van der Waals surface area contributed by atoms with Crippen LogP contribution in [0.3, 0.4) is 0 Å². The van der Waals surface area contributed by atoms with E-state index >= 15 is 0 Å². The Bertz CT molecular complexity index is 2320. The van der Waals surface area contributed by atoms with Gasteiger partial charge < -0.3 is 29.9 Å². The number of anilines is 2. The second kappa shape index (κ2) is 16.6. The topological polar surface area (TPSA) is 169 Å². The van der Waals surface area contributed by atoms with Gasteiger partial charge in [0.25, 0.3) is 0 Å². The summed E-state index contributed by atoms with van der Waals surface area (Å²) in [4.78, 5) is 37.4. The minimum atomic E-state index is -1.12. The summed E-state index contributed by atoms with van der Waals surface area (Å²) >= 11 is 2.85. The van der Waals surface area contributed by atoms with Crippen molar-refractivity contribution in [2.24, 2.45) is 0 Å². The van der Waals surface area contributed by atoms with Gasteiger partial charge in [0.1, 0.15) is 34.7 Å². The first kappa shape index (κ1) is 40.4. The summed E-state index contributed by atoms with van der Waals surface area (Å²) in [6, 6.07) is 13.4. The summed E-state index contributed by atoms with van der Waals surface area (Å²) in [7, 11) is 0. The van der Waals surface area contributed by atoms with Gasteiger partial charge in [-0.1, -0.05) is 12.8 Å². The van der Waals surface area contributed by atoms with Crippen molar-refractivity contribution in [2.45, 2.75) is 60.6 Å². The first-order chi connectivity index (χ1) is 30.3. The van der Waals surface area contributed by atoms with Crippen molar-refractivity contribution in [1.82, 2.24) is 50.1 Å². The summed E-state index contributed by atoms with van der Waals surface area (Å²) in [5.74, 6) is 0.489. The number of ether oxygens (including phenoxy) is 2. The van der Waals surface area contributed by atoms with Crippen molar-refractivity contribution in [2.75, 3.05) is 63.1 Å². The average Bonchev–Trinajstić information content (AvgIpc) is 4.04. The zero-order valence-corrected chi connectivity index (χ0v) is 35.4. The molecule has 0 bridgehead atoms. The first-order valence-corrected chi connectivity index (χ1v) is 22.6. The van der Waals surface area contributed by atoms with Crippen LogP contribution in [-0.2, 0) is 31.5 Å². The van der Waals surface area contributed by atoms with E-state index in [1.54, 1.807) is 57.7 Å². The highest BCUT2D eigenvalue weighted by Crippen LogP contribution is 2.46. The van der Waals surface area contributed by atoms with Crippen LogP contribution in [0.5, 0.6) is 0 Å². The molecule has 2 aliphatic heterocycles. The molecule has 2 saturated heterocycles. The molecule has 6 aromatic rings. The van der Waals surface area contributed by atoms with Gasteiger partial charge in [-0.15, -0.1) is 43.1 Å². The van der Waals surface area contributed by atoms with E-state index in [2.05, 4.69) is 51.0 Å². The molecule has 0 aromatic carbocycles. The average molecular weight is 879 g/mol. The van der Waals surface area contributed by atoms with E-state index in [-0.39, 0.29) is 44.0 Å². The third-order valence-corrected chi connectivity index (χ3v) is 14.8. The Morgan fingerprint density at radius 2 is 1.13 bits per heavy atom. The van der Waals surface area contributed by atoms with Gasteiger partial charge in [-0.2, -0.15) is 0 Å². The van der Waals surface area contributed by atoms with Gasteiger partial charge >= 0.3 is 6.03 Å². The summed E-state index contributed by atoms with van der Waals surface area (Å²) < 4.78 is 42.8. The maximum absolute atomic E-state index is 14.8. The number of pyridine rings is 2. The number of aromatic nitrogens is 8. The number of hydrogen-bond donors (Lipinski definition) is 2. The van der Waals surface area contributed by atoms with E-state index in [9.17, 15) is 13.6 Å². The number of halogens is 2. The second-order valence-corrected chi connectivity index (χ2v) is 18.2. The maximum Gasteiger partial charge on any atom is 0.320 e. The van der Waals surface area contributed by atoms with Crippen molar-refractivity contribution in [1.29, 1.82) is 0 Å². The number of rotatable bonds is 12. The smallest absolute Gasteiger partial charge is 0.320 e. The molecule has 2 N–H and O–H groups in total. The molecule has 320 valence electrons. The minimum Gasteiger partial charge on any atom is -0.368 e. The number of hydrogen-bond acceptors (Lipinski definition) is 15. The lowest BCUT2D eigenvalue weighted by molar-refractivity contribution is -0.0973. The molecule has 4 fully saturated rings. The SMILES string of the molecule is O=C(N1CCOC(c2ccc(NCC3(c4ncccc4F)CCC3)nn2)(c2cncs2)C1)N1CCOC(c2ccc(NCC3(c4ncccc4F)CCC3)nn2)(c2cncs2)C1. The molecule has 62 heavy (non-hydrogen) atoms. The van der Waals surface area contributed by atoms with Crippen LogP contribution in [0.25, 0.3) is 0 Å². The lowest BCUT2D eigenvalue weighted by atomic mass is 9.66. The Kier molecular flexibility index (Phi) is 10.8. The summed E-state index contributed by atoms with van der Waals surface area (Å²) in [5.41, 5.74) is 2.44. The molecule has 0 radical (unpaired) electrons. The highest BCUT2D eigenvalue weighted by Gasteiger charge is 2.49. The van der Waals surface area contributed by atoms with E-state index in [0.29, 0.717) is 60.6 Å². The van der Waals surface area contributed by atoms with Crippen molar-refractivity contribution < 1.29 is 23.0 Å². The second-order valence-electron chi connectivity index (χ2n) is 16.5. The molecule has 2 atom stereocenters. The zero-order valence-electron chi connectivity index (χ0n) is 33.8. The van der Waals surface area contributed by atoms with E-state index in [1.807, 2.05) is 24.3 Å². The minimum absolute atomic E-state index is 0.173. The van der Waals surface area contributed by atoms with Gasteiger partial charge in [-0.25, -0.2) is 13.6 Å². The van der Waals surface area contributed by atoms with Crippen LogP contribution in [0.4, 0.5) is 25.2 Å². The molecule has 0 spiro atoms. The highest BCUT2D eigenvalue weighted by atomic mass is 32.1. The normalized spacial score (nSPS) is 22.9. The fourth-order valence-corrected chi connectivity index (χ4v) is 10.8. The van der Waals surface area contributed by atoms with Crippen molar-refractivity contribution >= 4 is 40.3 Å². The molecular formula is C43H44F2N12O3S2. The summed E-state index contributed by atoms with van der Waals surface area (Å²) in [5, 5.41) is 25.2. The largest absolute Gasteiger partial charge is 0.368 e. The van der Waals surface area contributed by atoms with Crippen LogP contribution in [0.2, 0.25) is 0 Å². The Morgan fingerprint density at radius 1 is 0.661 bits per heavy atom. The van der Waals surface area contributed by atoms with Gasteiger partial charge in [0.2, 0.25) is 0 Å². The van der Waals surface area contributed by atoms with Gasteiger partial charge in [0.15, 0.2) is 11.2 Å². The van der Waals surface area contributed by atoms with Crippen LogP contribution < -0.4 is 10.6 Å². The van der Waals surface area contributed by atoms with Crippen molar-refractivity contribution in [3.05, 3.63) is 129 Å². The standard InChI is InChI=1S/C43H44F2N12O3S2/c44-29-5-1-15-48-37(29)40(11-3-12-40)23-50-35-9-7-31(52-54-35)42(33-21-46-27-61-33)25-56(17-19-59-42)39(58)57-18-20-60-43(26-57,34-22-47-28-62-34)32-8-10-36(55-53-32)51-24-41(13-4-14-41)38-30(45)6-2-16-49-38/h1-2,5-10,15-16,21-22,27-28H,3-4,11-14,17-20,23-26H2,(H,50,54)(H,51,55). The summed E-state index contributed by atoms with van der Waals surface area (Å²) in [6.45, 7) is 2.50. The fourth-order valence-electron chi connectivity index (χ4n) is 9.22. The third-order valence-electron chi connectivity index (χ3n) is 13.0. The molecule has 2 amide bonds. The number of urea groups is 1. The van der Waals surface area contributed by atoms with Gasteiger partial charge in [-0.05, 0) is 74.2 Å². The van der Waals surface area contributed by atoms with E-state index in [4.69, 9.17) is 9.47 Å². The van der Waals surface area contributed by atoms with Gasteiger partial charge in [0.05, 0.1) is 58.5 Å². The molecule has 6 aromatic heterocycles. The van der Waals surface area contributed by atoms with Gasteiger partial charge in [0, 0.05) is 61.8 Å². The molecule has 15 nitrogen and oxygen atoms in total. The Hall–Kier alpha value is -5.63. The van der Waals surface area contributed by atoms with Crippen LogP contribution in [-0.4, -0.2) is 109 Å². The number of amides is 2. The fraction of sp³-hybridized carbons (Fsp3) is 0.419. The number of thiazole rings is 2. The van der Waals surface area contributed by atoms with Crippen LogP contribution >= 0.6 is 22.7 Å². The molecule has 10 rings (SSSR count). The van der Waals surface area contributed by atoms with Crippen LogP contribution in [0.1, 0.15) is 71.1 Å². The molecule has 4 aliphatic rings. The lowest BCUT2D eigenvalue weighted by Crippen LogP contribution is -2.60. The number of morpholine rings is 2. The predicted molar refractivity (Wildman–Crippen MR) is 227 cm³/mol. The zero-order chi connectivity index (χ0) is 42.2. The molecule has 2 saturated carbocycles. The Labute approximate surface area is 364 Å². The Balaban J connectivity index is 0.860. The number of nitrogens with one attached hydrogen (secondary N) is 2. The first-order valence-electron chi connectivity index (χ1n) is 20.8. The maximum atomic E-state index is 14.8. The van der Waals surface area contributed by atoms with E-state index < -0.39 is 22.0 Å².